The first-order valence-electron chi connectivity index (χ1n) is 15.4. The second-order valence-electron chi connectivity index (χ2n) is 11.4. The van der Waals surface area contributed by atoms with Crippen LogP contribution in [0, 0.1) is 5.41 Å². The summed E-state index contributed by atoms with van der Waals surface area (Å²) in [6, 6.07) is 4.43. The van der Waals surface area contributed by atoms with Gasteiger partial charge in [0, 0.05) is 83.7 Å². The van der Waals surface area contributed by atoms with Crippen molar-refractivity contribution in [3.63, 3.8) is 0 Å². The molecule has 0 unspecified atom stereocenters. The quantitative estimate of drug-likeness (QED) is 0.0496. The van der Waals surface area contributed by atoms with Gasteiger partial charge in [-0.3, -0.25) is 38.9 Å². The van der Waals surface area contributed by atoms with Gasteiger partial charge in [0.15, 0.2) is 0 Å². The number of halogens is 2. The highest BCUT2D eigenvalue weighted by molar-refractivity contribution is 6.18. The number of anilines is 4. The maximum Gasteiger partial charge on any atom is 0.328 e. The van der Waals surface area contributed by atoms with E-state index in [4.69, 9.17) is 34.3 Å². The third-order valence-corrected chi connectivity index (χ3v) is 7.89. The fourth-order valence-corrected chi connectivity index (χ4v) is 5.53. The molecule has 4 aromatic rings. The smallest absolute Gasteiger partial charge is 0.328 e. The minimum atomic E-state index is -0.780. The molecule has 20 heteroatoms. The van der Waals surface area contributed by atoms with E-state index in [2.05, 4.69) is 26.3 Å². The predicted molar refractivity (Wildman–Crippen MR) is 195 cm³/mol. The van der Waals surface area contributed by atoms with Crippen molar-refractivity contribution >= 4 is 75.4 Å². The van der Waals surface area contributed by atoms with E-state index >= 15 is 0 Å². The van der Waals surface area contributed by atoms with Gasteiger partial charge in [-0.2, -0.15) is 0 Å². The standard InChI is InChI=1S/C31H38Cl2N12O6/c1-41-14-19(11-21(41)27(47)36-7-4-25(34)35)38-29(49)23-12-20(15-43(23)3)39-28(48)22-10-18(13-42(22)2)37-26(46)17-45-16-24(30(50)40-31(45)51)44(8-5-32)9-6-33/h10-16H,4-9,17H2,1-3H3,(H3,34,35)(H,36,47)(H,37,46)(H,38,49)(H,39,48)(H,40,50,51). The molecule has 0 spiro atoms. The van der Waals surface area contributed by atoms with Crippen molar-refractivity contribution in [2.45, 2.75) is 13.0 Å². The third kappa shape index (κ3) is 9.70. The number of aryl methyl sites for hydroxylation is 3. The van der Waals surface area contributed by atoms with E-state index in [9.17, 15) is 28.8 Å². The van der Waals surface area contributed by atoms with Crippen molar-refractivity contribution in [2.75, 3.05) is 52.2 Å². The van der Waals surface area contributed by atoms with Crippen LogP contribution in [0.15, 0.2) is 52.6 Å². The number of amides is 4. The van der Waals surface area contributed by atoms with Crippen LogP contribution in [0.5, 0.6) is 0 Å². The lowest BCUT2D eigenvalue weighted by Crippen LogP contribution is -2.39. The Morgan fingerprint density at radius 1 is 0.784 bits per heavy atom. The molecule has 0 bridgehead atoms. The van der Waals surface area contributed by atoms with E-state index in [1.165, 1.54) is 39.7 Å². The molecule has 4 rings (SSSR count). The van der Waals surface area contributed by atoms with Gasteiger partial charge >= 0.3 is 5.69 Å². The molecule has 0 aromatic carbocycles. The number of H-pyrrole nitrogens is 1. The van der Waals surface area contributed by atoms with Gasteiger partial charge in [0.05, 0.1) is 22.9 Å². The van der Waals surface area contributed by atoms with Gasteiger partial charge in [-0.1, -0.05) is 0 Å². The molecule has 0 fully saturated rings. The molecule has 4 amide bonds. The number of aromatic amines is 1. The Bertz CT molecular complexity index is 2070. The Morgan fingerprint density at radius 2 is 1.25 bits per heavy atom. The predicted octanol–water partition coefficient (Wildman–Crippen LogP) is 1.04. The van der Waals surface area contributed by atoms with Crippen LogP contribution in [0.25, 0.3) is 0 Å². The first kappa shape index (κ1) is 38.1. The molecular weight excluding hydrogens is 707 g/mol. The third-order valence-electron chi connectivity index (χ3n) is 7.55. The van der Waals surface area contributed by atoms with E-state index in [-0.39, 0.29) is 53.3 Å². The molecule has 0 aliphatic heterocycles. The molecule has 0 aliphatic rings. The summed E-state index contributed by atoms with van der Waals surface area (Å²) >= 11 is 11.7. The zero-order valence-electron chi connectivity index (χ0n) is 28.0. The number of nitrogens with two attached hydrogens (primary N) is 1. The molecule has 4 heterocycles. The molecule has 0 saturated heterocycles. The highest BCUT2D eigenvalue weighted by Gasteiger charge is 2.20. The SMILES string of the molecule is Cn1cc(NC(=O)c2cc(NC(=O)c3cc(NC(=O)Cn4cc(N(CCCl)CCCl)c(=O)[nH]c4=O)cn3C)cn2C)cc1C(=O)NCCC(=N)N. The average Bonchev–Trinajstić information content (AvgIpc) is 3.73. The van der Waals surface area contributed by atoms with Crippen LogP contribution in [-0.2, 0) is 32.5 Å². The monoisotopic (exact) mass is 744 g/mol. The fourth-order valence-electron chi connectivity index (χ4n) is 5.12. The van der Waals surface area contributed by atoms with Gasteiger partial charge in [0.25, 0.3) is 23.3 Å². The number of carbonyl (C=O) groups excluding carboxylic acids is 4. The molecule has 51 heavy (non-hydrogen) atoms. The maximum absolute atomic E-state index is 13.2. The normalized spacial score (nSPS) is 10.8. The maximum atomic E-state index is 13.2. The largest absolute Gasteiger partial charge is 0.388 e. The average molecular weight is 746 g/mol. The second kappa shape index (κ2) is 16.8. The van der Waals surface area contributed by atoms with Gasteiger partial charge in [-0.25, -0.2) is 4.79 Å². The zero-order valence-corrected chi connectivity index (χ0v) is 29.5. The Hall–Kier alpha value is -5.75. The summed E-state index contributed by atoms with van der Waals surface area (Å²) in [5.74, 6) is -1.62. The molecule has 0 aliphatic carbocycles. The zero-order chi connectivity index (χ0) is 37.4. The first-order valence-corrected chi connectivity index (χ1v) is 16.5. The van der Waals surface area contributed by atoms with Crippen LogP contribution >= 0.6 is 23.2 Å². The van der Waals surface area contributed by atoms with E-state index < -0.39 is 41.4 Å². The van der Waals surface area contributed by atoms with Gasteiger partial charge in [0.1, 0.15) is 29.3 Å². The van der Waals surface area contributed by atoms with Crippen LogP contribution < -0.4 is 43.1 Å². The van der Waals surface area contributed by atoms with Gasteiger partial charge in [0.2, 0.25) is 5.91 Å². The summed E-state index contributed by atoms with van der Waals surface area (Å²) in [4.78, 5) is 80.3. The minimum absolute atomic E-state index is 0.0462. The number of nitrogens with zero attached hydrogens (tertiary/aromatic N) is 5. The van der Waals surface area contributed by atoms with Crippen LogP contribution in [0.2, 0.25) is 0 Å². The number of amidine groups is 1. The Kier molecular flexibility index (Phi) is 12.5. The highest BCUT2D eigenvalue weighted by atomic mass is 35.5. The van der Waals surface area contributed by atoms with Crippen molar-refractivity contribution in [1.82, 2.24) is 28.6 Å². The van der Waals surface area contributed by atoms with Crippen molar-refractivity contribution < 1.29 is 19.2 Å². The number of rotatable bonds is 16. The molecule has 0 radical (unpaired) electrons. The van der Waals surface area contributed by atoms with Crippen molar-refractivity contribution in [3.8, 4) is 0 Å². The van der Waals surface area contributed by atoms with Crippen LogP contribution in [0.3, 0.4) is 0 Å². The molecular formula is C31H38Cl2N12O6. The summed E-state index contributed by atoms with van der Waals surface area (Å²) in [6.07, 6.45) is 6.12. The van der Waals surface area contributed by atoms with E-state index in [1.54, 1.807) is 43.0 Å². The van der Waals surface area contributed by atoms with Crippen molar-refractivity contribution in [2.24, 2.45) is 26.9 Å². The number of hydrogen-bond acceptors (Lipinski definition) is 8. The van der Waals surface area contributed by atoms with E-state index in [0.717, 1.165) is 4.57 Å². The van der Waals surface area contributed by atoms with E-state index in [1.807, 2.05) is 0 Å². The Balaban J connectivity index is 1.39. The second-order valence-corrected chi connectivity index (χ2v) is 12.2. The van der Waals surface area contributed by atoms with Crippen molar-refractivity contribution in [1.29, 1.82) is 5.41 Å². The van der Waals surface area contributed by atoms with Crippen LogP contribution in [0.1, 0.15) is 37.9 Å². The number of carbonyl (C=O) groups is 4. The summed E-state index contributed by atoms with van der Waals surface area (Å²) < 4.78 is 5.61. The summed E-state index contributed by atoms with van der Waals surface area (Å²) in [5, 5.41) is 18.0. The lowest BCUT2D eigenvalue weighted by molar-refractivity contribution is -0.116. The molecule has 0 saturated carbocycles. The van der Waals surface area contributed by atoms with Gasteiger partial charge in [-0.15, -0.1) is 23.2 Å². The number of aromatic nitrogens is 5. The van der Waals surface area contributed by atoms with Crippen LogP contribution in [-0.4, -0.2) is 84.1 Å². The highest BCUT2D eigenvalue weighted by Crippen LogP contribution is 2.20. The molecule has 4 aromatic heterocycles. The Morgan fingerprint density at radius 3 is 1.73 bits per heavy atom. The Labute approximate surface area is 301 Å². The summed E-state index contributed by atoms with van der Waals surface area (Å²) in [6.45, 7) is 0.372. The van der Waals surface area contributed by atoms with Crippen LogP contribution in [0.4, 0.5) is 22.7 Å². The number of hydrogen-bond donors (Lipinski definition) is 7. The lowest BCUT2D eigenvalue weighted by Gasteiger charge is -2.22. The number of alkyl halides is 2. The molecule has 18 nitrogen and oxygen atoms in total. The van der Waals surface area contributed by atoms with E-state index in [0.29, 0.717) is 30.2 Å². The van der Waals surface area contributed by atoms with Gasteiger partial charge in [-0.05, 0) is 18.2 Å². The van der Waals surface area contributed by atoms with Gasteiger partial charge < -0.3 is 45.6 Å². The molecule has 272 valence electrons. The first-order chi connectivity index (χ1) is 24.2. The fraction of sp³-hybridized carbons (Fsp3) is 0.323. The molecule has 0 atom stereocenters. The summed E-state index contributed by atoms with van der Waals surface area (Å²) in [5.41, 5.74) is 5.71. The minimum Gasteiger partial charge on any atom is -0.388 e. The lowest BCUT2D eigenvalue weighted by atomic mass is 10.3. The summed E-state index contributed by atoms with van der Waals surface area (Å²) in [7, 11) is 4.88. The number of nitrogens with one attached hydrogen (secondary N) is 6. The molecule has 8 N–H and O–H groups in total. The van der Waals surface area contributed by atoms with Crippen molar-refractivity contribution in [3.05, 3.63) is 80.9 Å². The topological polar surface area (TPSA) is 239 Å².